The minimum Gasteiger partial charge on any atom is -0.313 e. The minimum absolute atomic E-state index is 0.338. The molecule has 0 aromatic heterocycles. The summed E-state index contributed by atoms with van der Waals surface area (Å²) in [7, 11) is 4.31. The first-order valence-electron chi connectivity index (χ1n) is 6.15. The molecule has 1 unspecified atom stereocenters. The molecule has 16 heavy (non-hydrogen) atoms. The van der Waals surface area contributed by atoms with Gasteiger partial charge >= 0.3 is 0 Å². The Morgan fingerprint density at radius 1 is 1.31 bits per heavy atom. The molecule has 1 N–H and O–H groups in total. The van der Waals surface area contributed by atoms with Crippen LogP contribution in [0.5, 0.6) is 0 Å². The lowest BCUT2D eigenvalue weighted by molar-refractivity contribution is 0.311. The highest BCUT2D eigenvalue weighted by atomic mass is 15.2. The van der Waals surface area contributed by atoms with Gasteiger partial charge in [-0.2, -0.15) is 0 Å². The van der Waals surface area contributed by atoms with Crippen molar-refractivity contribution in [3.8, 4) is 0 Å². The molecule has 1 aliphatic rings. The van der Waals surface area contributed by atoms with Gasteiger partial charge in [0.25, 0.3) is 0 Å². The number of likely N-dealkylation sites (tertiary alicyclic amines) is 1. The van der Waals surface area contributed by atoms with Crippen molar-refractivity contribution in [2.75, 3.05) is 27.2 Å². The van der Waals surface area contributed by atoms with E-state index in [1.54, 1.807) is 0 Å². The van der Waals surface area contributed by atoms with E-state index in [0.717, 1.165) is 0 Å². The zero-order valence-electron chi connectivity index (χ0n) is 10.4. The van der Waals surface area contributed by atoms with Gasteiger partial charge in [0, 0.05) is 12.1 Å². The molecule has 0 aliphatic carbocycles. The molecule has 2 nitrogen and oxygen atoms in total. The third kappa shape index (κ3) is 2.63. The van der Waals surface area contributed by atoms with Crippen LogP contribution < -0.4 is 5.32 Å². The zero-order valence-corrected chi connectivity index (χ0v) is 10.4. The Morgan fingerprint density at radius 3 is 2.62 bits per heavy atom. The van der Waals surface area contributed by atoms with Crippen LogP contribution in [0.1, 0.15) is 18.4 Å². The summed E-state index contributed by atoms with van der Waals surface area (Å²) >= 11 is 0. The predicted octanol–water partition coefficient (Wildman–Crippen LogP) is 1.91. The first-order valence-corrected chi connectivity index (χ1v) is 6.15. The summed E-state index contributed by atoms with van der Waals surface area (Å²) in [5.74, 6) is 0. The second-order valence-corrected chi connectivity index (χ2v) is 5.00. The molecule has 1 atom stereocenters. The minimum atomic E-state index is 0.338. The fourth-order valence-electron chi connectivity index (χ4n) is 2.64. The fraction of sp³-hybridized carbons (Fsp3) is 0.571. The smallest absolute Gasteiger partial charge is 0.0321 e. The number of hydrogen-bond donors (Lipinski definition) is 1. The lowest BCUT2D eigenvalue weighted by atomic mass is 9.90. The van der Waals surface area contributed by atoms with Gasteiger partial charge in [-0.15, -0.1) is 0 Å². The molecule has 1 fully saturated rings. The van der Waals surface area contributed by atoms with Crippen LogP contribution in [0.2, 0.25) is 0 Å². The SMILES string of the molecule is CNC1(CCc2ccccc2)CCN(C)C1. The molecule has 1 aromatic rings. The normalized spacial score (nSPS) is 26.1. The van der Waals surface area contributed by atoms with Crippen LogP contribution in [0.25, 0.3) is 0 Å². The van der Waals surface area contributed by atoms with Crippen LogP contribution in [0.3, 0.4) is 0 Å². The third-order valence-electron chi connectivity index (χ3n) is 3.81. The summed E-state index contributed by atoms with van der Waals surface area (Å²) in [5, 5.41) is 3.54. The Hall–Kier alpha value is -0.860. The fourth-order valence-corrected chi connectivity index (χ4v) is 2.64. The van der Waals surface area contributed by atoms with Crippen molar-refractivity contribution in [2.45, 2.75) is 24.8 Å². The van der Waals surface area contributed by atoms with E-state index >= 15 is 0 Å². The van der Waals surface area contributed by atoms with E-state index in [-0.39, 0.29) is 0 Å². The predicted molar refractivity (Wildman–Crippen MR) is 68.7 cm³/mol. The number of benzene rings is 1. The average Bonchev–Trinajstić information content (AvgIpc) is 2.71. The van der Waals surface area contributed by atoms with Crippen LogP contribution in [0.15, 0.2) is 30.3 Å². The monoisotopic (exact) mass is 218 g/mol. The van der Waals surface area contributed by atoms with Gasteiger partial charge in [-0.05, 0) is 45.5 Å². The highest BCUT2D eigenvalue weighted by molar-refractivity contribution is 5.15. The van der Waals surface area contributed by atoms with Crippen molar-refractivity contribution in [3.63, 3.8) is 0 Å². The van der Waals surface area contributed by atoms with Crippen molar-refractivity contribution in [1.29, 1.82) is 0 Å². The number of likely N-dealkylation sites (N-methyl/N-ethyl adjacent to an activating group) is 2. The maximum atomic E-state index is 3.54. The van der Waals surface area contributed by atoms with Gasteiger partial charge in [-0.25, -0.2) is 0 Å². The van der Waals surface area contributed by atoms with Gasteiger partial charge in [-0.3, -0.25) is 0 Å². The number of rotatable bonds is 4. The summed E-state index contributed by atoms with van der Waals surface area (Å²) in [6.45, 7) is 2.39. The molecule has 1 aliphatic heterocycles. The number of aryl methyl sites for hydroxylation is 1. The van der Waals surface area contributed by atoms with Gasteiger partial charge in [0.1, 0.15) is 0 Å². The molecule has 0 spiro atoms. The summed E-state index contributed by atoms with van der Waals surface area (Å²) in [5.41, 5.74) is 1.79. The molecule has 0 bridgehead atoms. The quantitative estimate of drug-likeness (QED) is 0.830. The molecule has 2 rings (SSSR count). The average molecular weight is 218 g/mol. The Morgan fingerprint density at radius 2 is 2.06 bits per heavy atom. The number of nitrogens with one attached hydrogen (secondary N) is 1. The molecule has 0 radical (unpaired) electrons. The van der Waals surface area contributed by atoms with Crippen LogP contribution in [0.4, 0.5) is 0 Å². The van der Waals surface area contributed by atoms with Crippen molar-refractivity contribution in [2.24, 2.45) is 0 Å². The van der Waals surface area contributed by atoms with E-state index in [0.29, 0.717) is 5.54 Å². The molecule has 2 heteroatoms. The largest absolute Gasteiger partial charge is 0.313 e. The Labute approximate surface area is 98.7 Å². The van der Waals surface area contributed by atoms with E-state index < -0.39 is 0 Å². The van der Waals surface area contributed by atoms with E-state index in [4.69, 9.17) is 0 Å². The second-order valence-electron chi connectivity index (χ2n) is 5.00. The van der Waals surface area contributed by atoms with Gasteiger partial charge < -0.3 is 10.2 Å². The zero-order chi connectivity index (χ0) is 11.4. The highest BCUT2D eigenvalue weighted by Gasteiger charge is 2.34. The van der Waals surface area contributed by atoms with Crippen LogP contribution in [-0.4, -0.2) is 37.6 Å². The molecule has 88 valence electrons. The van der Waals surface area contributed by atoms with Crippen LogP contribution >= 0.6 is 0 Å². The van der Waals surface area contributed by atoms with Crippen molar-refractivity contribution in [1.82, 2.24) is 10.2 Å². The maximum Gasteiger partial charge on any atom is 0.0321 e. The van der Waals surface area contributed by atoms with E-state index in [1.807, 2.05) is 0 Å². The van der Waals surface area contributed by atoms with E-state index in [9.17, 15) is 0 Å². The Balaban J connectivity index is 1.93. The first-order chi connectivity index (χ1) is 7.74. The maximum absolute atomic E-state index is 3.54. The van der Waals surface area contributed by atoms with Gasteiger partial charge in [0.2, 0.25) is 0 Å². The van der Waals surface area contributed by atoms with Crippen molar-refractivity contribution < 1.29 is 0 Å². The lowest BCUT2D eigenvalue weighted by Gasteiger charge is -2.28. The molecule has 0 amide bonds. The summed E-state index contributed by atoms with van der Waals surface area (Å²) < 4.78 is 0. The van der Waals surface area contributed by atoms with Gasteiger partial charge in [0.15, 0.2) is 0 Å². The lowest BCUT2D eigenvalue weighted by Crippen LogP contribution is -2.45. The topological polar surface area (TPSA) is 15.3 Å². The summed E-state index contributed by atoms with van der Waals surface area (Å²) in [6.07, 6.45) is 3.68. The van der Waals surface area contributed by atoms with Crippen molar-refractivity contribution in [3.05, 3.63) is 35.9 Å². The second kappa shape index (κ2) is 4.98. The number of hydrogen-bond acceptors (Lipinski definition) is 2. The number of nitrogens with zero attached hydrogens (tertiary/aromatic N) is 1. The van der Waals surface area contributed by atoms with E-state index in [2.05, 4.69) is 54.6 Å². The van der Waals surface area contributed by atoms with Crippen molar-refractivity contribution >= 4 is 0 Å². The van der Waals surface area contributed by atoms with Crippen LogP contribution in [-0.2, 0) is 6.42 Å². The molecule has 1 aromatic carbocycles. The third-order valence-corrected chi connectivity index (χ3v) is 3.81. The summed E-state index contributed by atoms with van der Waals surface area (Å²) in [6, 6.07) is 10.8. The van der Waals surface area contributed by atoms with Gasteiger partial charge in [-0.1, -0.05) is 30.3 Å². The first kappa shape index (κ1) is 11.6. The summed E-state index contributed by atoms with van der Waals surface area (Å²) in [4.78, 5) is 2.42. The van der Waals surface area contributed by atoms with Crippen LogP contribution in [0, 0.1) is 0 Å². The van der Waals surface area contributed by atoms with Gasteiger partial charge in [0.05, 0.1) is 0 Å². The molecule has 1 saturated heterocycles. The molecule has 0 saturated carbocycles. The molecule has 1 heterocycles. The Kier molecular flexibility index (Phi) is 3.62. The highest BCUT2D eigenvalue weighted by Crippen LogP contribution is 2.25. The molecular weight excluding hydrogens is 196 g/mol. The standard InChI is InChI=1S/C14H22N2/c1-15-14(10-11-16(2)12-14)9-8-13-6-4-3-5-7-13/h3-7,15H,8-12H2,1-2H3. The molecular formula is C14H22N2. The van der Waals surface area contributed by atoms with E-state index in [1.165, 1.54) is 37.9 Å². The Bertz CT molecular complexity index is 323.